The van der Waals surface area contributed by atoms with Crippen molar-refractivity contribution in [3.8, 4) is 0 Å². The second-order valence-electron chi connectivity index (χ2n) is 7.73. The number of carbonyl (C=O) groups excluding carboxylic acids is 1. The molecule has 24 heavy (non-hydrogen) atoms. The molecular formula is C18H28N4O2. The molecule has 1 saturated carbocycles. The van der Waals surface area contributed by atoms with Crippen LogP contribution < -0.4 is 5.32 Å². The van der Waals surface area contributed by atoms with Crippen molar-refractivity contribution < 1.29 is 9.32 Å². The monoisotopic (exact) mass is 332 g/mol. The van der Waals surface area contributed by atoms with Crippen molar-refractivity contribution in [2.75, 3.05) is 39.3 Å². The molecule has 1 N–H and O–H groups in total. The van der Waals surface area contributed by atoms with E-state index in [2.05, 4.69) is 20.3 Å². The highest BCUT2D eigenvalue weighted by atomic mass is 16.5. The quantitative estimate of drug-likeness (QED) is 0.907. The van der Waals surface area contributed by atoms with Crippen LogP contribution in [-0.2, 0) is 11.3 Å². The highest BCUT2D eigenvalue weighted by molar-refractivity contribution is 5.84. The molecule has 0 bridgehead atoms. The van der Waals surface area contributed by atoms with Gasteiger partial charge in [-0.05, 0) is 32.2 Å². The van der Waals surface area contributed by atoms with Gasteiger partial charge in [0.25, 0.3) is 0 Å². The number of aryl methyl sites for hydroxylation is 1. The fourth-order valence-corrected chi connectivity index (χ4v) is 4.80. The van der Waals surface area contributed by atoms with Gasteiger partial charge in [-0.25, -0.2) is 0 Å². The molecule has 0 spiro atoms. The maximum Gasteiger partial charge on any atom is 0.230 e. The number of nitrogens with zero attached hydrogens (tertiary/aromatic N) is 3. The summed E-state index contributed by atoms with van der Waals surface area (Å²) in [6.45, 7) is 8.14. The molecule has 2 atom stereocenters. The van der Waals surface area contributed by atoms with Gasteiger partial charge in [-0.3, -0.25) is 9.69 Å². The number of piperazine rings is 1. The third-order valence-corrected chi connectivity index (χ3v) is 6.18. The van der Waals surface area contributed by atoms with E-state index < -0.39 is 0 Å². The average molecular weight is 332 g/mol. The first-order valence-electron chi connectivity index (χ1n) is 9.32. The Labute approximate surface area is 143 Å². The van der Waals surface area contributed by atoms with E-state index in [4.69, 9.17) is 4.52 Å². The minimum Gasteiger partial charge on any atom is -0.360 e. The summed E-state index contributed by atoms with van der Waals surface area (Å²) in [5.41, 5.74) is 0.817. The van der Waals surface area contributed by atoms with Crippen molar-refractivity contribution in [3.63, 3.8) is 0 Å². The second-order valence-corrected chi connectivity index (χ2v) is 7.73. The summed E-state index contributed by atoms with van der Waals surface area (Å²) in [5.74, 6) is 1.87. The summed E-state index contributed by atoms with van der Waals surface area (Å²) in [4.78, 5) is 17.7. The van der Waals surface area contributed by atoms with Crippen LogP contribution in [0.2, 0.25) is 0 Å². The molecule has 3 heterocycles. The van der Waals surface area contributed by atoms with Crippen molar-refractivity contribution in [2.45, 2.75) is 39.2 Å². The van der Waals surface area contributed by atoms with Gasteiger partial charge in [0.1, 0.15) is 0 Å². The number of carbonyl (C=O) groups is 1. The first-order chi connectivity index (χ1) is 11.7. The van der Waals surface area contributed by atoms with E-state index in [1.165, 1.54) is 19.3 Å². The van der Waals surface area contributed by atoms with E-state index in [1.807, 2.05) is 13.0 Å². The predicted molar refractivity (Wildman–Crippen MR) is 90.4 cm³/mol. The largest absolute Gasteiger partial charge is 0.360 e. The highest BCUT2D eigenvalue weighted by Gasteiger charge is 2.51. The van der Waals surface area contributed by atoms with Gasteiger partial charge in [-0.15, -0.1) is 0 Å². The Bertz CT molecular complexity index is 594. The van der Waals surface area contributed by atoms with Crippen molar-refractivity contribution in [3.05, 3.63) is 17.5 Å². The molecule has 1 aromatic rings. The van der Waals surface area contributed by atoms with Crippen LogP contribution in [0.1, 0.15) is 37.1 Å². The lowest BCUT2D eigenvalue weighted by Crippen LogP contribution is -2.55. The van der Waals surface area contributed by atoms with E-state index >= 15 is 0 Å². The van der Waals surface area contributed by atoms with Gasteiger partial charge in [-0.1, -0.05) is 18.0 Å². The predicted octanol–water partition coefficient (Wildman–Crippen LogP) is 1.41. The second kappa shape index (κ2) is 6.48. The molecule has 1 aliphatic carbocycles. The van der Waals surface area contributed by atoms with Crippen LogP contribution in [0.5, 0.6) is 0 Å². The Kier molecular flexibility index (Phi) is 4.35. The zero-order chi connectivity index (χ0) is 16.6. The molecule has 132 valence electrons. The Morgan fingerprint density at radius 3 is 2.96 bits per heavy atom. The van der Waals surface area contributed by atoms with E-state index in [-0.39, 0.29) is 5.41 Å². The summed E-state index contributed by atoms with van der Waals surface area (Å²) in [6, 6.07) is 1.99. The molecule has 2 aliphatic heterocycles. The van der Waals surface area contributed by atoms with Gasteiger partial charge < -0.3 is 14.7 Å². The molecule has 4 rings (SSSR count). The SMILES string of the molecule is Cc1cc(CN2CCN(C(=O)[C@@]34CCCC[C@H]3CNC4)CC2)on1. The summed E-state index contributed by atoms with van der Waals surface area (Å²) in [5, 5.41) is 7.44. The third-order valence-electron chi connectivity index (χ3n) is 6.18. The first kappa shape index (κ1) is 16.1. The van der Waals surface area contributed by atoms with E-state index in [0.717, 1.165) is 63.7 Å². The molecule has 0 aromatic carbocycles. The number of hydrogen-bond donors (Lipinski definition) is 1. The van der Waals surface area contributed by atoms with E-state index in [9.17, 15) is 4.79 Å². The van der Waals surface area contributed by atoms with Gasteiger partial charge in [0, 0.05) is 38.8 Å². The van der Waals surface area contributed by atoms with Crippen LogP contribution in [-0.4, -0.2) is 60.1 Å². The standard InChI is InChI=1S/C18H28N4O2/c1-14-10-16(24-20-14)12-21-6-8-22(9-7-21)17(23)18-5-3-2-4-15(18)11-19-13-18/h10,15,19H,2-9,11-13H2,1H3/t15-,18+/m0/s1. The van der Waals surface area contributed by atoms with Gasteiger partial charge in [-0.2, -0.15) is 0 Å². The molecule has 0 radical (unpaired) electrons. The van der Waals surface area contributed by atoms with E-state index in [1.54, 1.807) is 0 Å². The van der Waals surface area contributed by atoms with Crippen LogP contribution in [0, 0.1) is 18.3 Å². The molecule has 3 aliphatic rings. The van der Waals surface area contributed by atoms with Crippen molar-refractivity contribution in [1.29, 1.82) is 0 Å². The summed E-state index contributed by atoms with van der Waals surface area (Å²) >= 11 is 0. The van der Waals surface area contributed by atoms with Gasteiger partial charge in [0.2, 0.25) is 5.91 Å². The normalized spacial score (nSPS) is 31.2. The Balaban J connectivity index is 1.36. The molecule has 1 amide bonds. The zero-order valence-electron chi connectivity index (χ0n) is 14.6. The lowest BCUT2D eigenvalue weighted by atomic mass is 9.67. The van der Waals surface area contributed by atoms with Crippen LogP contribution in [0.15, 0.2) is 10.6 Å². The minimum absolute atomic E-state index is 0.109. The molecule has 3 fully saturated rings. The number of aromatic nitrogens is 1. The first-order valence-corrected chi connectivity index (χ1v) is 9.32. The molecule has 6 nitrogen and oxygen atoms in total. The number of fused-ring (bicyclic) bond motifs is 1. The topological polar surface area (TPSA) is 61.6 Å². The zero-order valence-corrected chi connectivity index (χ0v) is 14.6. The Morgan fingerprint density at radius 2 is 2.21 bits per heavy atom. The van der Waals surface area contributed by atoms with Gasteiger partial charge in [0.05, 0.1) is 17.7 Å². The lowest BCUT2D eigenvalue weighted by Gasteiger charge is -2.43. The summed E-state index contributed by atoms with van der Waals surface area (Å²) in [7, 11) is 0. The van der Waals surface area contributed by atoms with Crippen LogP contribution in [0.4, 0.5) is 0 Å². The number of amides is 1. The summed E-state index contributed by atoms with van der Waals surface area (Å²) in [6.07, 6.45) is 4.77. The molecule has 2 saturated heterocycles. The van der Waals surface area contributed by atoms with E-state index in [0.29, 0.717) is 11.8 Å². The maximum atomic E-state index is 13.3. The molecule has 6 heteroatoms. The average Bonchev–Trinajstić information content (AvgIpc) is 3.21. The van der Waals surface area contributed by atoms with Gasteiger partial charge in [0.15, 0.2) is 5.76 Å². The smallest absolute Gasteiger partial charge is 0.230 e. The third kappa shape index (κ3) is 2.86. The van der Waals surface area contributed by atoms with Crippen LogP contribution in [0.3, 0.4) is 0 Å². The number of hydrogen-bond acceptors (Lipinski definition) is 5. The fraction of sp³-hybridized carbons (Fsp3) is 0.778. The maximum absolute atomic E-state index is 13.3. The molecule has 1 aromatic heterocycles. The Morgan fingerprint density at radius 1 is 1.38 bits per heavy atom. The fourth-order valence-electron chi connectivity index (χ4n) is 4.80. The van der Waals surface area contributed by atoms with Crippen molar-refractivity contribution >= 4 is 5.91 Å². The van der Waals surface area contributed by atoms with Gasteiger partial charge >= 0.3 is 0 Å². The van der Waals surface area contributed by atoms with Crippen molar-refractivity contribution in [2.24, 2.45) is 11.3 Å². The van der Waals surface area contributed by atoms with Crippen LogP contribution >= 0.6 is 0 Å². The van der Waals surface area contributed by atoms with Crippen molar-refractivity contribution in [1.82, 2.24) is 20.3 Å². The lowest BCUT2D eigenvalue weighted by molar-refractivity contribution is -0.147. The minimum atomic E-state index is -0.109. The number of nitrogens with one attached hydrogen (secondary N) is 1. The molecular weight excluding hydrogens is 304 g/mol. The highest BCUT2D eigenvalue weighted by Crippen LogP contribution is 2.45. The molecule has 0 unspecified atom stereocenters. The Hall–Kier alpha value is -1.40. The van der Waals surface area contributed by atoms with Crippen LogP contribution in [0.25, 0.3) is 0 Å². The summed E-state index contributed by atoms with van der Waals surface area (Å²) < 4.78 is 5.31. The number of rotatable bonds is 3.